The second kappa shape index (κ2) is 7.11. The SMILES string of the molecule is CCc1cccc(NC(=O)OC2CCCCC2)c1C(=O)O. The summed E-state index contributed by atoms with van der Waals surface area (Å²) in [7, 11) is 0. The maximum atomic E-state index is 11.9. The number of carboxylic acids is 1. The summed E-state index contributed by atoms with van der Waals surface area (Å²) in [4.78, 5) is 23.3. The van der Waals surface area contributed by atoms with Gasteiger partial charge in [-0.15, -0.1) is 0 Å². The molecule has 1 aliphatic carbocycles. The van der Waals surface area contributed by atoms with Gasteiger partial charge in [-0.3, -0.25) is 5.32 Å². The number of hydrogen-bond acceptors (Lipinski definition) is 3. The molecule has 0 saturated heterocycles. The highest BCUT2D eigenvalue weighted by molar-refractivity contribution is 6.00. The Bertz CT molecular complexity index is 521. The molecule has 0 aliphatic heterocycles. The molecule has 0 radical (unpaired) electrons. The number of carboxylic acid groups (broad SMARTS) is 1. The summed E-state index contributed by atoms with van der Waals surface area (Å²) in [6.45, 7) is 1.88. The normalized spacial score (nSPS) is 15.5. The summed E-state index contributed by atoms with van der Waals surface area (Å²) in [5.41, 5.74) is 1.13. The van der Waals surface area contributed by atoms with E-state index in [1.807, 2.05) is 6.92 Å². The summed E-state index contributed by atoms with van der Waals surface area (Å²) in [6.07, 6.45) is 5.06. The zero-order valence-corrected chi connectivity index (χ0v) is 12.2. The van der Waals surface area contributed by atoms with Crippen molar-refractivity contribution >= 4 is 17.7 Å². The van der Waals surface area contributed by atoms with Crippen LogP contribution in [0, 0.1) is 0 Å². The van der Waals surface area contributed by atoms with Crippen LogP contribution >= 0.6 is 0 Å². The standard InChI is InChI=1S/C16H21NO4/c1-2-11-7-6-10-13(14(11)15(18)19)17-16(20)21-12-8-4-3-5-9-12/h6-7,10,12H,2-5,8-9H2,1H3,(H,17,20)(H,18,19). The van der Waals surface area contributed by atoms with Gasteiger partial charge < -0.3 is 9.84 Å². The first kappa shape index (κ1) is 15.4. The fraction of sp³-hybridized carbons (Fsp3) is 0.500. The molecule has 0 bridgehead atoms. The fourth-order valence-corrected chi connectivity index (χ4v) is 2.73. The molecule has 0 spiro atoms. The Kier molecular flexibility index (Phi) is 5.20. The molecule has 5 nitrogen and oxygen atoms in total. The average Bonchev–Trinajstić information content (AvgIpc) is 2.47. The van der Waals surface area contributed by atoms with Crippen molar-refractivity contribution in [3.8, 4) is 0 Å². The van der Waals surface area contributed by atoms with E-state index in [1.165, 1.54) is 6.42 Å². The van der Waals surface area contributed by atoms with Gasteiger partial charge in [0.05, 0.1) is 11.3 Å². The van der Waals surface area contributed by atoms with Crippen molar-refractivity contribution in [3.05, 3.63) is 29.3 Å². The Morgan fingerprint density at radius 1 is 1.29 bits per heavy atom. The number of rotatable bonds is 4. The quantitative estimate of drug-likeness (QED) is 0.884. The predicted molar refractivity (Wildman–Crippen MR) is 79.8 cm³/mol. The van der Waals surface area contributed by atoms with Crippen LogP contribution in [0.25, 0.3) is 0 Å². The van der Waals surface area contributed by atoms with Crippen LogP contribution in [-0.2, 0) is 11.2 Å². The van der Waals surface area contributed by atoms with E-state index in [0.717, 1.165) is 25.7 Å². The number of amides is 1. The first-order valence-electron chi connectivity index (χ1n) is 7.44. The second-order valence-electron chi connectivity index (χ2n) is 5.29. The average molecular weight is 291 g/mol. The largest absolute Gasteiger partial charge is 0.478 e. The molecule has 5 heteroatoms. The number of nitrogens with one attached hydrogen (secondary N) is 1. The molecule has 114 valence electrons. The minimum absolute atomic E-state index is 0.0543. The van der Waals surface area contributed by atoms with Gasteiger partial charge in [0, 0.05) is 0 Å². The fourth-order valence-electron chi connectivity index (χ4n) is 2.73. The molecule has 21 heavy (non-hydrogen) atoms. The summed E-state index contributed by atoms with van der Waals surface area (Å²) in [6, 6.07) is 5.08. The second-order valence-corrected chi connectivity index (χ2v) is 5.29. The maximum absolute atomic E-state index is 11.9. The molecule has 2 N–H and O–H groups in total. The molecule has 1 saturated carbocycles. The molecular formula is C16H21NO4. The Balaban J connectivity index is 2.07. The van der Waals surface area contributed by atoms with Crippen LogP contribution < -0.4 is 5.32 Å². The lowest BCUT2D eigenvalue weighted by Gasteiger charge is -2.22. The zero-order valence-electron chi connectivity index (χ0n) is 12.2. The van der Waals surface area contributed by atoms with E-state index in [4.69, 9.17) is 4.74 Å². The van der Waals surface area contributed by atoms with Crippen molar-refractivity contribution < 1.29 is 19.4 Å². The van der Waals surface area contributed by atoms with Crippen LogP contribution in [0.2, 0.25) is 0 Å². The number of carbonyl (C=O) groups is 2. The number of ether oxygens (including phenoxy) is 1. The van der Waals surface area contributed by atoms with Crippen LogP contribution in [0.1, 0.15) is 54.9 Å². The van der Waals surface area contributed by atoms with E-state index in [2.05, 4.69) is 5.32 Å². The third-order valence-electron chi connectivity index (χ3n) is 3.81. The van der Waals surface area contributed by atoms with Crippen LogP contribution in [0.4, 0.5) is 10.5 Å². The van der Waals surface area contributed by atoms with Gasteiger partial charge in [0.15, 0.2) is 0 Å². The van der Waals surface area contributed by atoms with Crippen molar-refractivity contribution in [1.29, 1.82) is 0 Å². The van der Waals surface area contributed by atoms with E-state index >= 15 is 0 Å². The Morgan fingerprint density at radius 3 is 2.62 bits per heavy atom. The van der Waals surface area contributed by atoms with Crippen molar-refractivity contribution in [1.82, 2.24) is 0 Å². The van der Waals surface area contributed by atoms with Gasteiger partial charge >= 0.3 is 12.1 Å². The van der Waals surface area contributed by atoms with E-state index in [9.17, 15) is 14.7 Å². The number of anilines is 1. The Morgan fingerprint density at radius 2 is 2.00 bits per heavy atom. The lowest BCUT2D eigenvalue weighted by atomic mass is 9.98. The van der Waals surface area contributed by atoms with E-state index in [1.54, 1.807) is 18.2 Å². The van der Waals surface area contributed by atoms with Gasteiger partial charge in [-0.25, -0.2) is 9.59 Å². The number of aryl methyl sites for hydroxylation is 1. The predicted octanol–water partition coefficient (Wildman–Crippen LogP) is 3.83. The van der Waals surface area contributed by atoms with Gasteiger partial charge in [-0.05, 0) is 43.7 Å². The van der Waals surface area contributed by atoms with Crippen LogP contribution in [0.3, 0.4) is 0 Å². The van der Waals surface area contributed by atoms with Crippen LogP contribution in [-0.4, -0.2) is 23.3 Å². The molecule has 0 heterocycles. The van der Waals surface area contributed by atoms with E-state index in [-0.39, 0.29) is 11.7 Å². The van der Waals surface area contributed by atoms with Gasteiger partial charge in [0.1, 0.15) is 6.10 Å². The van der Waals surface area contributed by atoms with Gasteiger partial charge in [-0.1, -0.05) is 25.5 Å². The highest BCUT2D eigenvalue weighted by atomic mass is 16.6. The number of hydrogen-bond donors (Lipinski definition) is 2. The topological polar surface area (TPSA) is 75.6 Å². The zero-order chi connectivity index (χ0) is 15.2. The molecule has 1 fully saturated rings. The highest BCUT2D eigenvalue weighted by Gasteiger charge is 2.20. The Hall–Kier alpha value is -2.04. The summed E-state index contributed by atoms with van der Waals surface area (Å²) >= 11 is 0. The molecule has 1 aromatic carbocycles. The van der Waals surface area contributed by atoms with Gasteiger partial charge in [-0.2, -0.15) is 0 Å². The van der Waals surface area contributed by atoms with Crippen molar-refractivity contribution in [2.45, 2.75) is 51.6 Å². The van der Waals surface area contributed by atoms with Gasteiger partial charge in [0.2, 0.25) is 0 Å². The van der Waals surface area contributed by atoms with Crippen LogP contribution in [0.5, 0.6) is 0 Å². The number of carbonyl (C=O) groups excluding carboxylic acids is 1. The maximum Gasteiger partial charge on any atom is 0.411 e. The molecule has 1 aromatic rings. The van der Waals surface area contributed by atoms with Crippen molar-refractivity contribution in [2.75, 3.05) is 5.32 Å². The summed E-state index contributed by atoms with van der Waals surface area (Å²) < 4.78 is 5.36. The lowest BCUT2D eigenvalue weighted by Crippen LogP contribution is -2.25. The third kappa shape index (κ3) is 3.97. The summed E-state index contributed by atoms with van der Waals surface area (Å²) in [5.74, 6) is -1.04. The number of aromatic carboxylic acids is 1. The minimum atomic E-state index is -1.04. The lowest BCUT2D eigenvalue weighted by molar-refractivity contribution is 0.0697. The smallest absolute Gasteiger partial charge is 0.411 e. The van der Waals surface area contributed by atoms with Crippen LogP contribution in [0.15, 0.2) is 18.2 Å². The van der Waals surface area contributed by atoms with E-state index < -0.39 is 12.1 Å². The molecule has 0 aromatic heterocycles. The molecule has 1 amide bonds. The minimum Gasteiger partial charge on any atom is -0.478 e. The Labute approximate surface area is 124 Å². The monoisotopic (exact) mass is 291 g/mol. The van der Waals surface area contributed by atoms with Gasteiger partial charge in [0.25, 0.3) is 0 Å². The third-order valence-corrected chi connectivity index (χ3v) is 3.81. The van der Waals surface area contributed by atoms with Crippen molar-refractivity contribution in [3.63, 3.8) is 0 Å². The summed E-state index contributed by atoms with van der Waals surface area (Å²) in [5, 5.41) is 11.9. The first-order chi connectivity index (χ1) is 10.1. The first-order valence-corrected chi connectivity index (χ1v) is 7.44. The highest BCUT2D eigenvalue weighted by Crippen LogP contribution is 2.23. The van der Waals surface area contributed by atoms with E-state index in [0.29, 0.717) is 17.7 Å². The molecule has 1 aliphatic rings. The molecular weight excluding hydrogens is 270 g/mol. The molecule has 0 unspecified atom stereocenters. The molecule has 2 rings (SSSR count). The van der Waals surface area contributed by atoms with Crippen molar-refractivity contribution in [2.24, 2.45) is 0 Å². The molecule has 0 atom stereocenters. The number of benzene rings is 1.